The minimum absolute atomic E-state index is 0.258. The molecule has 0 atom stereocenters. The van der Waals surface area contributed by atoms with E-state index in [-0.39, 0.29) is 12.5 Å². The van der Waals surface area contributed by atoms with Gasteiger partial charge in [-0.3, -0.25) is 14.9 Å². The molecule has 0 aliphatic rings. The second-order valence-electron chi connectivity index (χ2n) is 5.95. The van der Waals surface area contributed by atoms with E-state index < -0.39 is 0 Å². The number of pyridine rings is 1. The molecule has 0 aliphatic carbocycles. The van der Waals surface area contributed by atoms with E-state index in [2.05, 4.69) is 39.5 Å². The average Bonchev–Trinajstić information content (AvgIpc) is 3.22. The summed E-state index contributed by atoms with van der Waals surface area (Å²) in [5, 5.41) is 13.6. The van der Waals surface area contributed by atoms with E-state index in [0.717, 1.165) is 12.1 Å². The summed E-state index contributed by atoms with van der Waals surface area (Å²) in [6.07, 6.45) is 2.54. The molecule has 2 N–H and O–H groups in total. The van der Waals surface area contributed by atoms with Crippen LogP contribution in [0.1, 0.15) is 35.8 Å². The average molecular weight is 325 g/mol. The fourth-order valence-corrected chi connectivity index (χ4v) is 2.30. The van der Waals surface area contributed by atoms with Gasteiger partial charge in [0.2, 0.25) is 0 Å². The second-order valence-corrected chi connectivity index (χ2v) is 5.95. The third kappa shape index (κ3) is 3.87. The van der Waals surface area contributed by atoms with Gasteiger partial charge in [-0.15, -0.1) is 0 Å². The molecule has 0 saturated carbocycles. The summed E-state index contributed by atoms with van der Waals surface area (Å²) in [6, 6.07) is 9.07. The lowest BCUT2D eigenvalue weighted by molar-refractivity contribution is 0.0942. The lowest BCUT2D eigenvalue weighted by Gasteiger charge is -1.99. The standard InChI is InChI=1S/C17H19N5O2/c1-11(2)7-12-8-13(24-22-12)10-19-17(23)16-9-15(20-21-16)14-5-3-4-6-18-14/h3-6,8-9,11H,7,10H2,1-2H3,(H,19,23)(H,20,21). The molecule has 0 spiro atoms. The van der Waals surface area contributed by atoms with E-state index in [1.54, 1.807) is 12.3 Å². The zero-order chi connectivity index (χ0) is 16.9. The maximum Gasteiger partial charge on any atom is 0.269 e. The van der Waals surface area contributed by atoms with Gasteiger partial charge in [0.05, 0.1) is 17.9 Å². The molecule has 0 bridgehead atoms. The minimum atomic E-state index is -0.258. The van der Waals surface area contributed by atoms with Crippen LogP contribution in [0, 0.1) is 5.92 Å². The molecular formula is C17H19N5O2. The van der Waals surface area contributed by atoms with Crippen LogP contribution < -0.4 is 5.32 Å². The summed E-state index contributed by atoms with van der Waals surface area (Å²) in [4.78, 5) is 16.4. The Morgan fingerprint density at radius 3 is 2.92 bits per heavy atom. The molecule has 0 fully saturated rings. The smallest absolute Gasteiger partial charge is 0.269 e. The van der Waals surface area contributed by atoms with Crippen molar-refractivity contribution in [1.82, 2.24) is 25.7 Å². The van der Waals surface area contributed by atoms with Crippen molar-refractivity contribution < 1.29 is 9.32 Å². The summed E-state index contributed by atoms with van der Waals surface area (Å²) >= 11 is 0. The third-order valence-electron chi connectivity index (χ3n) is 3.40. The van der Waals surface area contributed by atoms with Crippen molar-refractivity contribution in [3.63, 3.8) is 0 Å². The van der Waals surface area contributed by atoms with Crippen molar-refractivity contribution in [2.24, 2.45) is 5.92 Å². The summed E-state index contributed by atoms with van der Waals surface area (Å²) in [7, 11) is 0. The summed E-state index contributed by atoms with van der Waals surface area (Å²) in [6.45, 7) is 4.52. The number of nitrogens with one attached hydrogen (secondary N) is 2. The topological polar surface area (TPSA) is 96.7 Å². The number of carbonyl (C=O) groups excluding carboxylic acids is 1. The van der Waals surface area contributed by atoms with Gasteiger partial charge in [0.15, 0.2) is 5.76 Å². The quantitative estimate of drug-likeness (QED) is 0.726. The van der Waals surface area contributed by atoms with Gasteiger partial charge < -0.3 is 9.84 Å². The molecule has 0 radical (unpaired) electrons. The number of carbonyl (C=O) groups is 1. The van der Waals surface area contributed by atoms with Crippen molar-refractivity contribution in [1.29, 1.82) is 0 Å². The maximum absolute atomic E-state index is 12.2. The van der Waals surface area contributed by atoms with Gasteiger partial charge >= 0.3 is 0 Å². The van der Waals surface area contributed by atoms with E-state index in [4.69, 9.17) is 4.52 Å². The number of rotatable bonds is 6. The van der Waals surface area contributed by atoms with E-state index in [9.17, 15) is 4.79 Å². The molecule has 3 rings (SSSR count). The van der Waals surface area contributed by atoms with E-state index in [1.807, 2.05) is 24.3 Å². The lowest BCUT2D eigenvalue weighted by Crippen LogP contribution is -2.22. The molecule has 0 unspecified atom stereocenters. The van der Waals surface area contributed by atoms with Gasteiger partial charge in [-0.25, -0.2) is 0 Å². The van der Waals surface area contributed by atoms with Crippen LogP contribution in [-0.4, -0.2) is 26.2 Å². The first kappa shape index (κ1) is 15.9. The van der Waals surface area contributed by atoms with Crippen LogP contribution in [0.4, 0.5) is 0 Å². The van der Waals surface area contributed by atoms with Crippen LogP contribution in [0.25, 0.3) is 11.4 Å². The number of H-pyrrole nitrogens is 1. The molecule has 0 saturated heterocycles. The van der Waals surface area contributed by atoms with Crippen LogP contribution in [0.15, 0.2) is 41.1 Å². The van der Waals surface area contributed by atoms with Gasteiger partial charge in [-0.1, -0.05) is 25.1 Å². The van der Waals surface area contributed by atoms with Crippen molar-refractivity contribution >= 4 is 5.91 Å². The number of nitrogens with zero attached hydrogens (tertiary/aromatic N) is 3. The number of hydrogen-bond donors (Lipinski definition) is 2. The van der Waals surface area contributed by atoms with Gasteiger partial charge in [0, 0.05) is 12.3 Å². The Bertz CT molecular complexity index is 807. The number of aromatic nitrogens is 4. The Hall–Kier alpha value is -2.96. The number of amides is 1. The van der Waals surface area contributed by atoms with Crippen LogP contribution in [-0.2, 0) is 13.0 Å². The first-order valence-electron chi connectivity index (χ1n) is 7.81. The number of aromatic amines is 1. The molecule has 3 heterocycles. The van der Waals surface area contributed by atoms with Gasteiger partial charge in [0.25, 0.3) is 5.91 Å². The Kier molecular flexibility index (Phi) is 4.69. The van der Waals surface area contributed by atoms with E-state index in [1.165, 1.54) is 0 Å². The van der Waals surface area contributed by atoms with E-state index in [0.29, 0.717) is 28.8 Å². The number of hydrogen-bond acceptors (Lipinski definition) is 5. The van der Waals surface area contributed by atoms with Gasteiger partial charge in [-0.2, -0.15) is 5.10 Å². The Labute approximate surface area is 139 Å². The lowest BCUT2D eigenvalue weighted by atomic mass is 10.1. The highest BCUT2D eigenvalue weighted by Gasteiger charge is 2.13. The Morgan fingerprint density at radius 2 is 2.17 bits per heavy atom. The normalized spacial score (nSPS) is 11.0. The van der Waals surface area contributed by atoms with Gasteiger partial charge in [-0.05, 0) is 30.5 Å². The molecule has 24 heavy (non-hydrogen) atoms. The van der Waals surface area contributed by atoms with Gasteiger partial charge in [0.1, 0.15) is 11.4 Å². The van der Waals surface area contributed by atoms with Crippen molar-refractivity contribution in [2.45, 2.75) is 26.8 Å². The fraction of sp³-hybridized carbons (Fsp3) is 0.294. The van der Waals surface area contributed by atoms with E-state index >= 15 is 0 Å². The monoisotopic (exact) mass is 325 g/mol. The van der Waals surface area contributed by atoms with Crippen molar-refractivity contribution in [2.75, 3.05) is 0 Å². The largest absolute Gasteiger partial charge is 0.359 e. The van der Waals surface area contributed by atoms with Crippen LogP contribution in [0.5, 0.6) is 0 Å². The van der Waals surface area contributed by atoms with Crippen LogP contribution in [0.3, 0.4) is 0 Å². The highest BCUT2D eigenvalue weighted by Crippen LogP contribution is 2.14. The zero-order valence-electron chi connectivity index (χ0n) is 13.6. The highest BCUT2D eigenvalue weighted by atomic mass is 16.5. The molecule has 3 aromatic heterocycles. The minimum Gasteiger partial charge on any atom is -0.359 e. The first-order chi connectivity index (χ1) is 11.6. The molecule has 7 heteroatoms. The van der Waals surface area contributed by atoms with Crippen LogP contribution in [0.2, 0.25) is 0 Å². The maximum atomic E-state index is 12.2. The fourth-order valence-electron chi connectivity index (χ4n) is 2.30. The predicted molar refractivity (Wildman–Crippen MR) is 88.0 cm³/mol. The summed E-state index contributed by atoms with van der Waals surface area (Å²) < 4.78 is 5.23. The molecule has 3 aromatic rings. The third-order valence-corrected chi connectivity index (χ3v) is 3.40. The Balaban J connectivity index is 1.59. The van der Waals surface area contributed by atoms with Crippen LogP contribution >= 0.6 is 0 Å². The molecule has 1 amide bonds. The second kappa shape index (κ2) is 7.08. The summed E-state index contributed by atoms with van der Waals surface area (Å²) in [5.74, 6) is 0.877. The highest BCUT2D eigenvalue weighted by molar-refractivity contribution is 5.93. The van der Waals surface area contributed by atoms with Crippen molar-refractivity contribution in [3.8, 4) is 11.4 Å². The van der Waals surface area contributed by atoms with Crippen molar-refractivity contribution in [3.05, 3.63) is 53.7 Å². The summed E-state index contributed by atoms with van der Waals surface area (Å²) in [5.41, 5.74) is 2.60. The molecule has 7 nitrogen and oxygen atoms in total. The Morgan fingerprint density at radius 1 is 1.29 bits per heavy atom. The molecule has 124 valence electrons. The zero-order valence-corrected chi connectivity index (χ0v) is 13.6. The molecule has 0 aromatic carbocycles. The predicted octanol–water partition coefficient (Wildman–Crippen LogP) is 2.59. The molecular weight excluding hydrogens is 306 g/mol. The SMILES string of the molecule is CC(C)Cc1cc(CNC(=O)c2cc(-c3ccccn3)n[nH]2)on1. The molecule has 0 aliphatic heterocycles. The first-order valence-corrected chi connectivity index (χ1v) is 7.81.